The molecule has 1 aromatic heterocycles. The van der Waals surface area contributed by atoms with Gasteiger partial charge in [-0.3, -0.25) is 0 Å². The minimum atomic E-state index is -0.998. The van der Waals surface area contributed by atoms with E-state index in [1.54, 1.807) is 0 Å². The van der Waals surface area contributed by atoms with Crippen molar-refractivity contribution in [2.45, 2.75) is 33.7 Å². The van der Waals surface area contributed by atoms with E-state index < -0.39 is 5.97 Å². The largest absolute Gasteiger partial charge is 0.476 e. The van der Waals surface area contributed by atoms with Crippen molar-refractivity contribution in [2.24, 2.45) is 0 Å². The molecule has 0 unspecified atom stereocenters. The number of hydrogen-bond donors (Lipinski definition) is 1. The molecule has 1 heterocycles. The second kappa shape index (κ2) is 6.81. The SMILES string of the molecule is CCCn1c(C(=O)O)c(Oc2cc(C)c(Cl)c(C)c2)c2ccccc21. The highest BCUT2D eigenvalue weighted by molar-refractivity contribution is 6.32. The van der Waals surface area contributed by atoms with Crippen molar-refractivity contribution >= 4 is 28.5 Å². The average Bonchev–Trinajstić information content (AvgIpc) is 2.87. The number of para-hydroxylation sites is 1. The molecule has 0 fully saturated rings. The lowest BCUT2D eigenvalue weighted by Crippen LogP contribution is -2.09. The molecule has 1 N–H and O–H groups in total. The van der Waals surface area contributed by atoms with Crippen molar-refractivity contribution in [1.29, 1.82) is 0 Å². The number of ether oxygens (including phenoxy) is 1. The molecule has 130 valence electrons. The van der Waals surface area contributed by atoms with Crippen LogP contribution in [0.1, 0.15) is 35.0 Å². The Morgan fingerprint density at radius 2 is 1.84 bits per heavy atom. The lowest BCUT2D eigenvalue weighted by molar-refractivity contribution is 0.0682. The summed E-state index contributed by atoms with van der Waals surface area (Å²) in [4.78, 5) is 11.9. The Morgan fingerprint density at radius 1 is 1.20 bits per heavy atom. The van der Waals surface area contributed by atoms with Crippen molar-refractivity contribution in [2.75, 3.05) is 0 Å². The molecular weight excluding hydrogens is 338 g/mol. The van der Waals surface area contributed by atoms with E-state index in [4.69, 9.17) is 16.3 Å². The lowest BCUT2D eigenvalue weighted by atomic mass is 10.1. The van der Waals surface area contributed by atoms with Crippen LogP contribution in [0.4, 0.5) is 0 Å². The first-order chi connectivity index (χ1) is 11.9. The third-order valence-corrected chi connectivity index (χ3v) is 4.80. The molecule has 0 radical (unpaired) electrons. The maximum Gasteiger partial charge on any atom is 0.356 e. The number of carboxylic acids is 1. The molecule has 0 atom stereocenters. The molecular formula is C20H20ClNO3. The Labute approximate surface area is 151 Å². The van der Waals surface area contributed by atoms with E-state index in [9.17, 15) is 9.90 Å². The van der Waals surface area contributed by atoms with Gasteiger partial charge in [-0.25, -0.2) is 4.79 Å². The molecule has 3 aromatic rings. The Kier molecular flexibility index (Phi) is 4.73. The number of hydrogen-bond acceptors (Lipinski definition) is 2. The van der Waals surface area contributed by atoms with Gasteiger partial charge in [-0.05, 0) is 55.7 Å². The van der Waals surface area contributed by atoms with Crippen LogP contribution in [-0.4, -0.2) is 15.6 Å². The minimum Gasteiger partial charge on any atom is -0.476 e. The molecule has 0 aliphatic heterocycles. The zero-order valence-electron chi connectivity index (χ0n) is 14.5. The summed E-state index contributed by atoms with van der Waals surface area (Å²) in [6.45, 7) is 6.44. The molecule has 0 amide bonds. The Hall–Kier alpha value is -2.46. The topological polar surface area (TPSA) is 51.5 Å². The van der Waals surface area contributed by atoms with Gasteiger partial charge in [-0.1, -0.05) is 30.7 Å². The second-order valence-electron chi connectivity index (χ2n) is 6.12. The lowest BCUT2D eigenvalue weighted by Gasteiger charge is -2.11. The first-order valence-electron chi connectivity index (χ1n) is 8.23. The predicted octanol–water partition coefficient (Wildman–Crippen LogP) is 5.81. The third-order valence-electron chi connectivity index (χ3n) is 4.20. The maximum absolute atomic E-state index is 11.9. The van der Waals surface area contributed by atoms with Gasteiger partial charge in [0, 0.05) is 17.0 Å². The summed E-state index contributed by atoms with van der Waals surface area (Å²) >= 11 is 6.22. The van der Waals surface area contributed by atoms with E-state index in [1.165, 1.54) is 0 Å². The fourth-order valence-corrected chi connectivity index (χ4v) is 3.24. The van der Waals surface area contributed by atoms with Crippen molar-refractivity contribution in [3.63, 3.8) is 0 Å². The first kappa shape index (κ1) is 17.4. The smallest absolute Gasteiger partial charge is 0.356 e. The monoisotopic (exact) mass is 357 g/mol. The molecule has 0 aliphatic carbocycles. The van der Waals surface area contributed by atoms with Gasteiger partial charge in [0.2, 0.25) is 0 Å². The molecule has 3 rings (SSSR count). The second-order valence-corrected chi connectivity index (χ2v) is 6.50. The zero-order chi connectivity index (χ0) is 18.1. The number of rotatable bonds is 5. The van der Waals surface area contributed by atoms with E-state index in [0.29, 0.717) is 23.1 Å². The van der Waals surface area contributed by atoms with E-state index in [0.717, 1.165) is 28.5 Å². The van der Waals surface area contributed by atoms with Crippen LogP contribution >= 0.6 is 11.6 Å². The molecule has 0 bridgehead atoms. The number of aromatic carboxylic acids is 1. The van der Waals surface area contributed by atoms with Crippen molar-refractivity contribution in [1.82, 2.24) is 4.57 Å². The van der Waals surface area contributed by atoms with Gasteiger partial charge < -0.3 is 14.4 Å². The molecule has 0 saturated heterocycles. The molecule has 2 aromatic carbocycles. The third kappa shape index (κ3) is 3.10. The molecule has 0 saturated carbocycles. The van der Waals surface area contributed by atoms with Gasteiger partial charge in [-0.2, -0.15) is 0 Å². The van der Waals surface area contributed by atoms with Gasteiger partial charge in [0.1, 0.15) is 5.75 Å². The van der Waals surface area contributed by atoms with E-state index in [1.807, 2.05) is 61.7 Å². The van der Waals surface area contributed by atoms with Crippen molar-refractivity contribution < 1.29 is 14.6 Å². The van der Waals surface area contributed by atoms with Crippen LogP contribution < -0.4 is 4.74 Å². The summed E-state index contributed by atoms with van der Waals surface area (Å²) in [7, 11) is 0. The zero-order valence-corrected chi connectivity index (χ0v) is 15.2. The number of aryl methyl sites for hydroxylation is 3. The molecule has 4 nitrogen and oxygen atoms in total. The summed E-state index contributed by atoms with van der Waals surface area (Å²) in [5.74, 6) is -0.0407. The quantitative estimate of drug-likeness (QED) is 0.626. The minimum absolute atomic E-state index is 0.174. The standard InChI is InChI=1S/C20H20ClNO3/c1-4-9-22-16-8-6-5-7-15(16)19(18(22)20(23)24)25-14-10-12(2)17(21)13(3)11-14/h5-8,10-11H,4,9H2,1-3H3,(H,23,24). The van der Waals surface area contributed by atoms with Crippen molar-refractivity contribution in [3.8, 4) is 11.5 Å². The Morgan fingerprint density at radius 3 is 2.44 bits per heavy atom. The van der Waals surface area contributed by atoms with E-state index in [2.05, 4.69) is 0 Å². The number of fused-ring (bicyclic) bond motifs is 1. The van der Waals surface area contributed by atoms with Gasteiger partial charge in [0.05, 0.1) is 5.52 Å². The summed E-state index contributed by atoms with van der Waals surface area (Å²) in [5.41, 5.74) is 2.82. The van der Waals surface area contributed by atoms with Crippen molar-refractivity contribution in [3.05, 3.63) is 58.2 Å². The highest BCUT2D eigenvalue weighted by Crippen LogP contribution is 2.38. The Balaban J connectivity index is 2.21. The van der Waals surface area contributed by atoms with Crippen LogP contribution in [0.5, 0.6) is 11.5 Å². The molecule has 0 spiro atoms. The number of benzene rings is 2. The van der Waals surface area contributed by atoms with E-state index in [-0.39, 0.29) is 5.69 Å². The summed E-state index contributed by atoms with van der Waals surface area (Å²) in [6.07, 6.45) is 0.831. The number of aromatic nitrogens is 1. The number of carbonyl (C=O) groups is 1. The van der Waals surface area contributed by atoms with Gasteiger partial charge >= 0.3 is 5.97 Å². The first-order valence-corrected chi connectivity index (χ1v) is 8.61. The van der Waals surface area contributed by atoms with Crippen LogP contribution in [-0.2, 0) is 6.54 Å². The normalized spacial score (nSPS) is 11.0. The molecule has 25 heavy (non-hydrogen) atoms. The molecule has 0 aliphatic rings. The van der Waals surface area contributed by atoms with Gasteiger partial charge in [0.15, 0.2) is 11.4 Å². The van der Waals surface area contributed by atoms with Crippen LogP contribution in [0.3, 0.4) is 0 Å². The summed E-state index contributed by atoms with van der Waals surface area (Å²) < 4.78 is 7.88. The fourth-order valence-electron chi connectivity index (χ4n) is 3.13. The van der Waals surface area contributed by atoms with Crippen LogP contribution in [0.25, 0.3) is 10.9 Å². The Bertz CT molecular complexity index is 936. The number of halogens is 1. The van der Waals surface area contributed by atoms with Crippen LogP contribution in [0.2, 0.25) is 5.02 Å². The van der Waals surface area contributed by atoms with Crippen LogP contribution in [0.15, 0.2) is 36.4 Å². The average molecular weight is 358 g/mol. The highest BCUT2D eigenvalue weighted by atomic mass is 35.5. The summed E-state index contributed by atoms with van der Waals surface area (Å²) in [5, 5.41) is 11.3. The fraction of sp³-hybridized carbons (Fsp3) is 0.250. The maximum atomic E-state index is 11.9. The van der Waals surface area contributed by atoms with Crippen LogP contribution in [0, 0.1) is 13.8 Å². The van der Waals surface area contributed by atoms with Gasteiger partial charge in [-0.15, -0.1) is 0 Å². The van der Waals surface area contributed by atoms with Gasteiger partial charge in [0.25, 0.3) is 0 Å². The highest BCUT2D eigenvalue weighted by Gasteiger charge is 2.24. The summed E-state index contributed by atoms with van der Waals surface area (Å²) in [6, 6.07) is 11.2. The number of nitrogens with zero attached hydrogens (tertiary/aromatic N) is 1. The predicted molar refractivity (Wildman–Crippen MR) is 100 cm³/mol. The number of carboxylic acid groups (broad SMARTS) is 1. The molecule has 5 heteroatoms. The van der Waals surface area contributed by atoms with E-state index >= 15 is 0 Å².